The molecule has 0 radical (unpaired) electrons. The fourth-order valence-electron chi connectivity index (χ4n) is 2.52. The number of aryl methyl sites for hydroxylation is 1. The third-order valence-electron chi connectivity index (χ3n) is 3.67. The van der Waals surface area contributed by atoms with Crippen LogP contribution in [0.1, 0.15) is 18.4 Å². The lowest BCUT2D eigenvalue weighted by molar-refractivity contribution is -0.123. The Bertz CT molecular complexity index is 613. The molecule has 0 spiro atoms. The monoisotopic (exact) mass is 326 g/mol. The molecule has 122 valence electrons. The summed E-state index contributed by atoms with van der Waals surface area (Å²) in [6.07, 6.45) is 2.80. The molecule has 2 rings (SSSR count). The van der Waals surface area contributed by atoms with Gasteiger partial charge in [0.15, 0.2) is 6.61 Å². The topological polar surface area (TPSA) is 75.7 Å². The number of sulfonamides is 1. The fourth-order valence-corrected chi connectivity index (χ4v) is 3.70. The molecule has 1 N–H and O–H groups in total. The first-order valence-corrected chi connectivity index (χ1v) is 9.14. The van der Waals surface area contributed by atoms with Crippen molar-refractivity contribution in [2.45, 2.75) is 25.8 Å². The summed E-state index contributed by atoms with van der Waals surface area (Å²) in [5.41, 5.74) is 1.12. The molecule has 1 unspecified atom stereocenters. The molecule has 1 fully saturated rings. The number of ether oxygens (including phenoxy) is 1. The first kappa shape index (κ1) is 16.8. The Morgan fingerprint density at radius 3 is 2.68 bits per heavy atom. The van der Waals surface area contributed by atoms with E-state index in [1.165, 1.54) is 10.6 Å². The number of carbonyl (C=O) groups is 1. The van der Waals surface area contributed by atoms with Crippen LogP contribution in [0.3, 0.4) is 0 Å². The summed E-state index contributed by atoms with van der Waals surface area (Å²) in [6.45, 7) is 2.75. The van der Waals surface area contributed by atoms with Gasteiger partial charge in [0.05, 0.1) is 6.26 Å². The van der Waals surface area contributed by atoms with E-state index in [1.54, 1.807) is 0 Å². The van der Waals surface area contributed by atoms with E-state index < -0.39 is 10.0 Å². The molecule has 1 atom stereocenters. The molecule has 1 aromatic rings. The molecular weight excluding hydrogens is 304 g/mol. The molecule has 1 amide bonds. The molecule has 1 aliphatic rings. The second-order valence-corrected chi connectivity index (χ2v) is 7.51. The Morgan fingerprint density at radius 1 is 1.36 bits per heavy atom. The van der Waals surface area contributed by atoms with E-state index in [-0.39, 0.29) is 18.6 Å². The molecule has 6 nitrogen and oxygen atoms in total. The molecule has 1 saturated heterocycles. The number of nitrogens with zero attached hydrogens (tertiary/aromatic N) is 1. The first-order chi connectivity index (χ1) is 10.4. The van der Waals surface area contributed by atoms with Crippen molar-refractivity contribution in [3.05, 3.63) is 29.8 Å². The van der Waals surface area contributed by atoms with Crippen LogP contribution in [-0.2, 0) is 14.8 Å². The van der Waals surface area contributed by atoms with E-state index in [2.05, 4.69) is 5.32 Å². The lowest BCUT2D eigenvalue weighted by atomic mass is 10.2. The number of rotatable bonds is 6. The minimum atomic E-state index is -3.21. The average Bonchev–Trinajstić information content (AvgIpc) is 2.93. The summed E-state index contributed by atoms with van der Waals surface area (Å²) in [4.78, 5) is 11.8. The van der Waals surface area contributed by atoms with Gasteiger partial charge < -0.3 is 10.1 Å². The van der Waals surface area contributed by atoms with E-state index in [1.807, 2.05) is 31.2 Å². The third-order valence-corrected chi connectivity index (χ3v) is 5.01. The third kappa shape index (κ3) is 4.71. The van der Waals surface area contributed by atoms with E-state index in [0.717, 1.165) is 18.4 Å². The predicted molar refractivity (Wildman–Crippen MR) is 84.3 cm³/mol. The van der Waals surface area contributed by atoms with E-state index in [4.69, 9.17) is 4.74 Å². The van der Waals surface area contributed by atoms with Crippen molar-refractivity contribution < 1.29 is 17.9 Å². The van der Waals surface area contributed by atoms with Crippen molar-refractivity contribution in [1.82, 2.24) is 9.62 Å². The van der Waals surface area contributed by atoms with Crippen molar-refractivity contribution >= 4 is 15.9 Å². The minimum absolute atomic E-state index is 0.0747. The van der Waals surface area contributed by atoms with Gasteiger partial charge in [-0.25, -0.2) is 8.42 Å². The van der Waals surface area contributed by atoms with Gasteiger partial charge >= 0.3 is 0 Å². The maximum atomic E-state index is 11.8. The van der Waals surface area contributed by atoms with Crippen LogP contribution in [0.4, 0.5) is 0 Å². The molecule has 0 bridgehead atoms. The van der Waals surface area contributed by atoms with Gasteiger partial charge in [-0.3, -0.25) is 4.79 Å². The summed E-state index contributed by atoms with van der Waals surface area (Å²) >= 11 is 0. The molecule has 7 heteroatoms. The van der Waals surface area contributed by atoms with Gasteiger partial charge in [-0.15, -0.1) is 0 Å². The number of nitrogens with one attached hydrogen (secondary N) is 1. The van der Waals surface area contributed by atoms with Crippen molar-refractivity contribution in [3.63, 3.8) is 0 Å². The summed E-state index contributed by atoms with van der Waals surface area (Å²) < 4.78 is 30.1. The highest BCUT2D eigenvalue weighted by Gasteiger charge is 2.31. The zero-order valence-electron chi connectivity index (χ0n) is 12.9. The summed E-state index contributed by atoms with van der Waals surface area (Å²) in [7, 11) is -3.21. The Kier molecular flexibility index (Phi) is 5.42. The Hall–Kier alpha value is -1.60. The lowest BCUT2D eigenvalue weighted by Crippen LogP contribution is -2.43. The first-order valence-electron chi connectivity index (χ1n) is 7.29. The Morgan fingerprint density at radius 2 is 2.05 bits per heavy atom. The standard InChI is InChI=1S/C15H22N2O4S/c1-12-5-7-14(8-6-12)21-11-15(18)16-10-13-4-3-9-17(13)22(2,19)20/h5-8,13H,3-4,9-11H2,1-2H3,(H,16,18). The summed E-state index contributed by atoms with van der Waals surface area (Å²) in [6, 6.07) is 7.29. The molecule has 0 saturated carbocycles. The van der Waals surface area contributed by atoms with Gasteiger partial charge in [-0.05, 0) is 31.9 Å². The molecule has 0 aliphatic carbocycles. The highest BCUT2D eigenvalue weighted by Crippen LogP contribution is 2.19. The largest absolute Gasteiger partial charge is 0.484 e. The van der Waals surface area contributed by atoms with Crippen LogP contribution < -0.4 is 10.1 Å². The van der Waals surface area contributed by atoms with Crippen molar-refractivity contribution in [3.8, 4) is 5.75 Å². The van der Waals surface area contributed by atoms with Crippen molar-refractivity contribution in [1.29, 1.82) is 0 Å². The smallest absolute Gasteiger partial charge is 0.257 e. The maximum absolute atomic E-state index is 11.8. The minimum Gasteiger partial charge on any atom is -0.484 e. The Balaban J connectivity index is 1.77. The second-order valence-electron chi connectivity index (χ2n) is 5.58. The van der Waals surface area contributed by atoms with E-state index >= 15 is 0 Å². The predicted octanol–water partition coefficient (Wildman–Crippen LogP) is 0.914. The van der Waals surface area contributed by atoms with Crippen LogP contribution in [0.25, 0.3) is 0 Å². The van der Waals surface area contributed by atoms with Gasteiger partial charge in [0.1, 0.15) is 5.75 Å². The SMILES string of the molecule is Cc1ccc(OCC(=O)NCC2CCCN2S(C)(=O)=O)cc1. The molecule has 22 heavy (non-hydrogen) atoms. The molecule has 1 heterocycles. The van der Waals surface area contributed by atoms with Crippen LogP contribution >= 0.6 is 0 Å². The lowest BCUT2D eigenvalue weighted by Gasteiger charge is -2.22. The normalized spacial score (nSPS) is 19.1. The van der Waals surface area contributed by atoms with Gasteiger partial charge in [-0.2, -0.15) is 4.31 Å². The zero-order chi connectivity index (χ0) is 16.2. The highest BCUT2D eigenvalue weighted by molar-refractivity contribution is 7.88. The Labute approximate surface area is 131 Å². The van der Waals surface area contributed by atoms with Crippen molar-refractivity contribution in [2.75, 3.05) is 26.0 Å². The fraction of sp³-hybridized carbons (Fsp3) is 0.533. The van der Waals surface area contributed by atoms with Crippen LogP contribution in [0, 0.1) is 6.92 Å². The molecule has 1 aliphatic heterocycles. The summed E-state index contributed by atoms with van der Waals surface area (Å²) in [5, 5.41) is 2.74. The van der Waals surface area contributed by atoms with Gasteiger partial charge in [0.2, 0.25) is 10.0 Å². The molecule has 0 aromatic heterocycles. The summed E-state index contributed by atoms with van der Waals surface area (Å²) in [5.74, 6) is 0.389. The number of amides is 1. The van der Waals surface area contributed by atoms with Gasteiger partial charge in [0, 0.05) is 19.1 Å². The number of carbonyl (C=O) groups excluding carboxylic acids is 1. The molecule has 1 aromatic carbocycles. The van der Waals surface area contributed by atoms with E-state index in [0.29, 0.717) is 18.8 Å². The van der Waals surface area contributed by atoms with Crippen LogP contribution in [0.2, 0.25) is 0 Å². The number of benzene rings is 1. The van der Waals surface area contributed by atoms with E-state index in [9.17, 15) is 13.2 Å². The number of hydrogen-bond donors (Lipinski definition) is 1. The molecular formula is C15H22N2O4S. The maximum Gasteiger partial charge on any atom is 0.257 e. The number of hydrogen-bond acceptors (Lipinski definition) is 4. The average molecular weight is 326 g/mol. The second kappa shape index (κ2) is 7.11. The van der Waals surface area contributed by atoms with Gasteiger partial charge in [-0.1, -0.05) is 17.7 Å². The highest BCUT2D eigenvalue weighted by atomic mass is 32.2. The van der Waals surface area contributed by atoms with Gasteiger partial charge in [0.25, 0.3) is 5.91 Å². The van der Waals surface area contributed by atoms with Crippen LogP contribution in [0.5, 0.6) is 5.75 Å². The zero-order valence-corrected chi connectivity index (χ0v) is 13.7. The quantitative estimate of drug-likeness (QED) is 0.843. The van der Waals surface area contributed by atoms with Crippen LogP contribution in [-0.4, -0.2) is 50.6 Å². The van der Waals surface area contributed by atoms with Crippen LogP contribution in [0.15, 0.2) is 24.3 Å². The van der Waals surface area contributed by atoms with Crippen molar-refractivity contribution in [2.24, 2.45) is 0 Å².